The summed E-state index contributed by atoms with van der Waals surface area (Å²) >= 11 is 0. The van der Waals surface area contributed by atoms with Crippen LogP contribution < -0.4 is 5.32 Å². The minimum atomic E-state index is -0.359. The highest BCUT2D eigenvalue weighted by Gasteiger charge is 2.18. The molecule has 2 fully saturated rings. The molecule has 0 aromatic carbocycles. The van der Waals surface area contributed by atoms with Gasteiger partial charge in [0.05, 0.1) is 18.8 Å². The van der Waals surface area contributed by atoms with Gasteiger partial charge in [0.1, 0.15) is 0 Å². The second kappa shape index (κ2) is 8.20. The van der Waals surface area contributed by atoms with Gasteiger partial charge in [0, 0.05) is 13.1 Å². The summed E-state index contributed by atoms with van der Waals surface area (Å²) in [6.45, 7) is 4.58. The summed E-state index contributed by atoms with van der Waals surface area (Å²) in [7, 11) is 2.19. The number of hydrogen-bond donors (Lipinski definition) is 2. The number of piperidine rings is 1. The van der Waals surface area contributed by atoms with Crippen LogP contribution in [0.2, 0.25) is 0 Å². The van der Waals surface area contributed by atoms with Gasteiger partial charge < -0.3 is 20.1 Å². The van der Waals surface area contributed by atoms with Gasteiger partial charge in [0.2, 0.25) is 0 Å². The van der Waals surface area contributed by atoms with Crippen molar-refractivity contribution in [1.29, 1.82) is 0 Å². The van der Waals surface area contributed by atoms with Crippen molar-refractivity contribution in [2.24, 2.45) is 5.92 Å². The minimum absolute atomic E-state index is 0.359. The van der Waals surface area contributed by atoms with Crippen LogP contribution in [0, 0.1) is 5.92 Å². The highest BCUT2D eigenvalue weighted by Crippen LogP contribution is 2.20. The molecule has 1 saturated heterocycles. The lowest BCUT2D eigenvalue weighted by Gasteiger charge is -2.30. The van der Waals surface area contributed by atoms with Crippen molar-refractivity contribution in [3.05, 3.63) is 0 Å². The molecular formula is C15H30N2O2. The normalized spacial score (nSPS) is 27.8. The lowest BCUT2D eigenvalue weighted by molar-refractivity contribution is -0.00582. The Morgan fingerprint density at radius 1 is 1.26 bits per heavy atom. The molecule has 112 valence electrons. The van der Waals surface area contributed by atoms with E-state index in [2.05, 4.69) is 17.3 Å². The van der Waals surface area contributed by atoms with Gasteiger partial charge in [-0.3, -0.25) is 0 Å². The van der Waals surface area contributed by atoms with E-state index in [1.54, 1.807) is 0 Å². The molecule has 4 nitrogen and oxygen atoms in total. The number of hydrogen-bond acceptors (Lipinski definition) is 4. The number of aliphatic hydroxyl groups excluding tert-OH is 1. The Hall–Kier alpha value is -0.160. The van der Waals surface area contributed by atoms with E-state index in [-0.39, 0.29) is 6.10 Å². The predicted octanol–water partition coefficient (Wildman–Crippen LogP) is 1.24. The second-order valence-electron chi connectivity index (χ2n) is 6.32. The van der Waals surface area contributed by atoms with E-state index >= 15 is 0 Å². The summed E-state index contributed by atoms with van der Waals surface area (Å²) in [5.41, 5.74) is 0. The molecule has 1 heterocycles. The van der Waals surface area contributed by atoms with Gasteiger partial charge in [-0.25, -0.2) is 0 Å². The van der Waals surface area contributed by atoms with Crippen LogP contribution in [-0.4, -0.2) is 62.0 Å². The van der Waals surface area contributed by atoms with Gasteiger partial charge in [0.15, 0.2) is 0 Å². The maximum absolute atomic E-state index is 9.89. The average molecular weight is 270 g/mol. The number of ether oxygens (including phenoxy) is 1. The Bertz CT molecular complexity index is 244. The summed E-state index contributed by atoms with van der Waals surface area (Å²) in [6, 6.07) is 0. The largest absolute Gasteiger partial charge is 0.389 e. The summed E-state index contributed by atoms with van der Waals surface area (Å²) in [5, 5.41) is 13.3. The molecule has 19 heavy (non-hydrogen) atoms. The van der Waals surface area contributed by atoms with Crippen LogP contribution in [0.4, 0.5) is 0 Å². The summed E-state index contributed by atoms with van der Waals surface area (Å²) < 4.78 is 5.73. The molecule has 2 rings (SSSR count). The predicted molar refractivity (Wildman–Crippen MR) is 77.3 cm³/mol. The summed E-state index contributed by atoms with van der Waals surface area (Å²) in [6.07, 6.45) is 7.58. The summed E-state index contributed by atoms with van der Waals surface area (Å²) in [4.78, 5) is 2.40. The van der Waals surface area contributed by atoms with Crippen molar-refractivity contribution in [1.82, 2.24) is 10.2 Å². The van der Waals surface area contributed by atoms with Crippen molar-refractivity contribution < 1.29 is 9.84 Å². The van der Waals surface area contributed by atoms with Crippen LogP contribution in [0.25, 0.3) is 0 Å². The zero-order valence-corrected chi connectivity index (χ0v) is 12.3. The smallest absolute Gasteiger partial charge is 0.0897 e. The van der Waals surface area contributed by atoms with E-state index in [9.17, 15) is 5.11 Å². The van der Waals surface area contributed by atoms with Crippen molar-refractivity contribution in [2.45, 2.75) is 50.7 Å². The monoisotopic (exact) mass is 270 g/mol. The first-order valence-corrected chi connectivity index (χ1v) is 7.93. The fraction of sp³-hybridized carbons (Fsp3) is 1.00. The Balaban J connectivity index is 1.49. The lowest BCUT2D eigenvalue weighted by Crippen LogP contribution is -2.40. The molecule has 0 amide bonds. The van der Waals surface area contributed by atoms with Gasteiger partial charge in [-0.15, -0.1) is 0 Å². The molecule has 2 unspecified atom stereocenters. The fourth-order valence-corrected chi connectivity index (χ4v) is 3.26. The van der Waals surface area contributed by atoms with Crippen molar-refractivity contribution >= 4 is 0 Å². The lowest BCUT2D eigenvalue weighted by atomic mass is 9.98. The number of likely N-dealkylation sites (tertiary alicyclic amines) is 1. The number of rotatable bonds is 7. The van der Waals surface area contributed by atoms with E-state index in [4.69, 9.17) is 4.74 Å². The van der Waals surface area contributed by atoms with Gasteiger partial charge in [-0.05, 0) is 51.7 Å². The quantitative estimate of drug-likeness (QED) is 0.730. The number of nitrogens with one attached hydrogen (secondary N) is 1. The van der Waals surface area contributed by atoms with Crippen molar-refractivity contribution in [3.63, 3.8) is 0 Å². The first kappa shape index (κ1) is 15.2. The molecule has 4 heteroatoms. The van der Waals surface area contributed by atoms with Crippen LogP contribution in [0.15, 0.2) is 0 Å². The molecule has 1 saturated carbocycles. The highest BCUT2D eigenvalue weighted by molar-refractivity contribution is 4.73. The third kappa shape index (κ3) is 5.78. The third-order valence-corrected chi connectivity index (χ3v) is 4.36. The Morgan fingerprint density at radius 3 is 2.79 bits per heavy atom. The molecule has 0 bridgehead atoms. The van der Waals surface area contributed by atoms with Crippen LogP contribution in [0.1, 0.15) is 38.5 Å². The third-order valence-electron chi connectivity index (χ3n) is 4.36. The van der Waals surface area contributed by atoms with E-state index < -0.39 is 0 Å². The zero-order chi connectivity index (χ0) is 13.5. The molecule has 0 spiro atoms. The van der Waals surface area contributed by atoms with E-state index in [1.165, 1.54) is 51.6 Å². The standard InChI is InChI=1S/C15H30N2O2/c1-17-8-4-5-13(11-17)9-16-10-14(18)12-19-15-6-2-3-7-15/h13-16,18H,2-12H2,1H3. The van der Waals surface area contributed by atoms with Crippen molar-refractivity contribution in [2.75, 3.05) is 39.8 Å². The van der Waals surface area contributed by atoms with Gasteiger partial charge >= 0.3 is 0 Å². The molecule has 0 radical (unpaired) electrons. The maximum Gasteiger partial charge on any atom is 0.0897 e. The highest BCUT2D eigenvalue weighted by atomic mass is 16.5. The molecule has 0 aromatic heterocycles. The SMILES string of the molecule is CN1CCCC(CNCC(O)COC2CCCC2)C1. The maximum atomic E-state index is 9.89. The molecule has 2 N–H and O–H groups in total. The minimum Gasteiger partial charge on any atom is -0.389 e. The van der Waals surface area contributed by atoms with Crippen molar-refractivity contribution in [3.8, 4) is 0 Å². The fourth-order valence-electron chi connectivity index (χ4n) is 3.26. The van der Waals surface area contributed by atoms with E-state index in [0.717, 1.165) is 12.5 Å². The van der Waals surface area contributed by atoms with Crippen LogP contribution in [0.5, 0.6) is 0 Å². The average Bonchev–Trinajstić information content (AvgIpc) is 2.89. The number of nitrogens with zero attached hydrogens (tertiary/aromatic N) is 1. The molecule has 2 atom stereocenters. The summed E-state index contributed by atoms with van der Waals surface area (Å²) in [5.74, 6) is 0.738. The van der Waals surface area contributed by atoms with Gasteiger partial charge in [-0.2, -0.15) is 0 Å². The van der Waals surface area contributed by atoms with E-state index in [1.807, 2.05) is 0 Å². The Kier molecular flexibility index (Phi) is 6.57. The molecule has 1 aliphatic carbocycles. The molecule has 2 aliphatic rings. The van der Waals surface area contributed by atoms with Crippen LogP contribution in [0.3, 0.4) is 0 Å². The Morgan fingerprint density at radius 2 is 2.05 bits per heavy atom. The van der Waals surface area contributed by atoms with Gasteiger partial charge in [-0.1, -0.05) is 12.8 Å². The van der Waals surface area contributed by atoms with E-state index in [0.29, 0.717) is 19.3 Å². The molecule has 0 aromatic rings. The first-order valence-electron chi connectivity index (χ1n) is 7.93. The first-order chi connectivity index (χ1) is 9.24. The second-order valence-corrected chi connectivity index (χ2v) is 6.32. The topological polar surface area (TPSA) is 44.7 Å². The molecule has 1 aliphatic heterocycles. The van der Waals surface area contributed by atoms with Gasteiger partial charge in [0.25, 0.3) is 0 Å². The zero-order valence-electron chi connectivity index (χ0n) is 12.3. The van der Waals surface area contributed by atoms with Crippen LogP contribution in [-0.2, 0) is 4.74 Å². The van der Waals surface area contributed by atoms with Crippen LogP contribution >= 0.6 is 0 Å². The molecular weight excluding hydrogens is 240 g/mol. The Labute approximate surface area is 117 Å². The number of aliphatic hydroxyl groups is 1.